The predicted molar refractivity (Wildman–Crippen MR) is 288 cm³/mol. The van der Waals surface area contributed by atoms with E-state index in [4.69, 9.17) is 183 Å². The van der Waals surface area contributed by atoms with Crippen LogP contribution in [-0.4, -0.2) is 336 Å². The zero-order valence-corrected chi connectivity index (χ0v) is 50.0. The summed E-state index contributed by atoms with van der Waals surface area (Å²) < 4.78 is 203. The third-order valence-corrected chi connectivity index (χ3v) is 12.8. The summed E-state index contributed by atoms with van der Waals surface area (Å²) in [6, 6.07) is -6.53. The molecule has 2 aliphatic carbocycles. The summed E-state index contributed by atoms with van der Waals surface area (Å²) in [5.74, 6) is 0. The van der Waals surface area contributed by atoms with E-state index in [2.05, 4.69) is 0 Å². The van der Waals surface area contributed by atoms with Crippen molar-refractivity contribution in [3.8, 4) is 0 Å². The molecular weight excluding hydrogens is 1340 g/mol. The van der Waals surface area contributed by atoms with E-state index >= 15 is 0 Å². The van der Waals surface area contributed by atoms with E-state index in [1.165, 1.54) is 0 Å². The van der Waals surface area contributed by atoms with Gasteiger partial charge in [-0.3, -0.25) is 45.5 Å². The molecule has 536 valence electrons. The summed E-state index contributed by atoms with van der Waals surface area (Å²) >= 11 is 0. The molecule has 6 aliphatic rings. The molecule has 4 heterocycles. The topological polar surface area (TPSA) is 909 Å². The highest BCUT2D eigenvalue weighted by atomic mass is 32.3. The molecule has 0 aromatic carbocycles. The van der Waals surface area contributed by atoms with Gasteiger partial charge in [0, 0.05) is 37.3 Å². The third-order valence-electron chi connectivity index (χ3n) is 12.8. The van der Waals surface area contributed by atoms with Crippen LogP contribution in [0.5, 0.6) is 0 Å². The van der Waals surface area contributed by atoms with Crippen molar-refractivity contribution in [1.82, 2.24) is 0 Å². The Balaban J connectivity index is 0.00000126. The van der Waals surface area contributed by atoms with E-state index in [1.807, 2.05) is 0 Å². The fraction of sp³-hybridized carbons (Fsp3) is 1.00. The average molecular weight is 1430 g/mol. The molecular formula is C36H84N10O38S5. The first-order valence-corrected chi connectivity index (χ1v) is 32.0. The van der Waals surface area contributed by atoms with Crippen LogP contribution >= 0.6 is 0 Å². The van der Waals surface area contributed by atoms with Crippen LogP contribution in [0.2, 0.25) is 0 Å². The average Bonchev–Trinajstić information content (AvgIpc) is 2.88. The second kappa shape index (κ2) is 38.1. The van der Waals surface area contributed by atoms with Crippen molar-refractivity contribution < 1.29 is 177 Å². The minimum absolute atomic E-state index is 0.0542. The SMILES string of the molecule is NC[C@H]1O[C@H](O[C@H]2[C@H](O)[C@@H](O[C@H]3O[C@H](CO)[C@@H](O)[C@H](N)[C@H]3O)[C@H](N)C[C@@H]2N)[C@H](N)C[C@@H]1O.NC[C@H]1O[C@H](O[C@H]2[C@H](O)[C@@H](O[C@H]3O[C@H](CO)[C@@H](O)[C@H](N)[C@H]3O)[C@H](N)C[C@@H]2N)[C@H](N)C[C@@H]1O.O=S(=O)(O)O.O=S(=O)(O)O.O=S(=O)(O)O.O=S(=O)(O)O.O=S(=O)(O)O. The van der Waals surface area contributed by atoms with Crippen LogP contribution in [-0.2, 0) is 89.9 Å². The number of rotatable bonds is 12. The number of ether oxygens (including phenoxy) is 8. The Morgan fingerprint density at radius 2 is 0.517 bits per heavy atom. The van der Waals surface area contributed by atoms with Crippen molar-refractivity contribution in [2.45, 2.75) is 197 Å². The van der Waals surface area contributed by atoms with E-state index in [9.17, 15) is 51.1 Å². The Bertz CT molecular complexity index is 2310. The predicted octanol–water partition coefficient (Wildman–Crippen LogP) is -15.9. The quantitative estimate of drug-likeness (QED) is 0.0807. The minimum Gasteiger partial charge on any atom is -0.394 e. The van der Waals surface area contributed by atoms with Crippen LogP contribution in [0.15, 0.2) is 0 Å². The monoisotopic (exact) mass is 1420 g/mol. The van der Waals surface area contributed by atoms with E-state index in [0.717, 1.165) is 0 Å². The zero-order chi connectivity index (χ0) is 70.0. The molecule has 53 heteroatoms. The maximum atomic E-state index is 11.0. The first-order chi connectivity index (χ1) is 40.2. The van der Waals surface area contributed by atoms with E-state index in [1.54, 1.807) is 0 Å². The molecule has 6 rings (SSSR count). The molecule has 0 bridgehead atoms. The third kappa shape index (κ3) is 34.0. The standard InChI is InChI=1S/2C18H37N5O9.5H2O4S/c2*19-3-9-8(25)2-7(22)17(29-9)31-15-5(20)1-6(21)16(14(15)28)32-18-13(27)11(23)12(26)10(4-24)30-18;5*1-5(2,3)4/h2*5-18,24-28H,1-4,19-23H2;5*(H2,1,2,3,4)/t2*5-,6+,7+,8-,9+,10+,11-,12+,13+,14-,15+,16-,17+,18+;;;;;/m00...../s1. The molecule has 0 amide bonds. The fourth-order valence-electron chi connectivity index (χ4n) is 8.86. The summed E-state index contributed by atoms with van der Waals surface area (Å²) in [5.41, 5.74) is 59.5. The molecule has 0 radical (unpaired) electrons. The lowest BCUT2D eigenvalue weighted by molar-refractivity contribution is -0.314. The van der Waals surface area contributed by atoms with Gasteiger partial charge in [-0.1, -0.05) is 0 Å². The Morgan fingerprint density at radius 1 is 0.315 bits per heavy atom. The second-order valence-corrected chi connectivity index (χ2v) is 24.3. The van der Waals surface area contributed by atoms with Crippen LogP contribution in [0, 0.1) is 0 Å². The largest absolute Gasteiger partial charge is 0.394 e. The van der Waals surface area contributed by atoms with Crippen LogP contribution in [0.25, 0.3) is 0 Å². The molecule has 0 spiro atoms. The van der Waals surface area contributed by atoms with Crippen molar-refractivity contribution in [3.05, 3.63) is 0 Å². The molecule has 40 N–H and O–H groups in total. The molecule has 4 aliphatic heterocycles. The van der Waals surface area contributed by atoms with E-state index in [-0.39, 0.29) is 38.8 Å². The van der Waals surface area contributed by atoms with E-state index < -0.39 is 236 Å². The van der Waals surface area contributed by atoms with Gasteiger partial charge in [0.05, 0.1) is 61.8 Å². The lowest BCUT2D eigenvalue weighted by Crippen LogP contribution is -2.68. The number of aliphatic hydroxyl groups excluding tert-OH is 10. The van der Waals surface area contributed by atoms with Crippen molar-refractivity contribution >= 4 is 52.0 Å². The van der Waals surface area contributed by atoms with Gasteiger partial charge < -0.3 is 146 Å². The highest BCUT2D eigenvalue weighted by molar-refractivity contribution is 7.80. The van der Waals surface area contributed by atoms with Gasteiger partial charge in [-0.15, -0.1) is 0 Å². The normalized spacial score (nSPS) is 41.1. The van der Waals surface area contributed by atoms with Crippen molar-refractivity contribution in [2.75, 3.05) is 26.3 Å². The summed E-state index contributed by atoms with van der Waals surface area (Å²) in [6.45, 7) is -0.998. The molecule has 0 aromatic heterocycles. The van der Waals surface area contributed by atoms with Gasteiger partial charge in [-0.05, 0) is 25.7 Å². The maximum absolute atomic E-state index is 11.0. The second-order valence-electron chi connectivity index (χ2n) is 19.8. The van der Waals surface area contributed by atoms with Crippen LogP contribution in [0.4, 0.5) is 0 Å². The molecule has 6 fully saturated rings. The molecule has 28 atom stereocenters. The minimum atomic E-state index is -4.67. The Morgan fingerprint density at radius 3 is 0.719 bits per heavy atom. The molecule has 4 saturated heterocycles. The smallest absolute Gasteiger partial charge is 0.394 e. The molecule has 0 unspecified atom stereocenters. The van der Waals surface area contributed by atoms with Gasteiger partial charge in [0.15, 0.2) is 25.2 Å². The Labute approximate surface area is 507 Å². The number of hydrogen-bond donors (Lipinski definition) is 30. The van der Waals surface area contributed by atoms with Crippen molar-refractivity contribution in [2.24, 2.45) is 57.3 Å². The highest BCUT2D eigenvalue weighted by Gasteiger charge is 2.52. The lowest BCUT2D eigenvalue weighted by Gasteiger charge is -2.47. The van der Waals surface area contributed by atoms with Gasteiger partial charge >= 0.3 is 52.0 Å². The summed E-state index contributed by atoms with van der Waals surface area (Å²) in [4.78, 5) is 0. The van der Waals surface area contributed by atoms with Crippen LogP contribution in [0.3, 0.4) is 0 Å². The lowest BCUT2D eigenvalue weighted by atomic mass is 9.84. The molecule has 0 aromatic rings. The number of nitrogens with two attached hydrogens (primary N) is 10. The first-order valence-electron chi connectivity index (χ1n) is 25.0. The van der Waals surface area contributed by atoms with Crippen LogP contribution in [0.1, 0.15) is 25.7 Å². The van der Waals surface area contributed by atoms with Gasteiger partial charge in [0.2, 0.25) is 0 Å². The van der Waals surface area contributed by atoms with Gasteiger partial charge in [0.25, 0.3) is 0 Å². The van der Waals surface area contributed by atoms with Crippen LogP contribution < -0.4 is 57.3 Å². The maximum Gasteiger partial charge on any atom is 0.394 e. The van der Waals surface area contributed by atoms with Crippen molar-refractivity contribution in [3.63, 3.8) is 0 Å². The summed E-state index contributed by atoms with van der Waals surface area (Å²) in [7, 11) is -23.3. The molecule has 89 heavy (non-hydrogen) atoms. The Kier molecular flexibility index (Phi) is 37.3. The van der Waals surface area contributed by atoms with E-state index in [0.29, 0.717) is 0 Å². The van der Waals surface area contributed by atoms with Crippen molar-refractivity contribution in [1.29, 1.82) is 0 Å². The summed E-state index contributed by atoms with van der Waals surface area (Å²) in [6.07, 6.45) is -21.5. The number of aliphatic hydroxyl groups is 10. The van der Waals surface area contributed by atoms with Gasteiger partial charge in [0.1, 0.15) is 73.2 Å². The molecule has 48 nitrogen and oxygen atoms in total. The molecule has 2 saturated carbocycles. The number of hydrogen-bond acceptors (Lipinski definition) is 38. The summed E-state index contributed by atoms with van der Waals surface area (Å²) in [5, 5.41) is 101. The highest BCUT2D eigenvalue weighted by Crippen LogP contribution is 2.33. The Hall–Kier alpha value is -1.77. The first kappa shape index (κ1) is 87.2. The zero-order valence-electron chi connectivity index (χ0n) is 45.9. The fourth-order valence-corrected chi connectivity index (χ4v) is 8.86. The van der Waals surface area contributed by atoms with Gasteiger partial charge in [-0.25, -0.2) is 0 Å². The van der Waals surface area contributed by atoms with Gasteiger partial charge in [-0.2, -0.15) is 42.1 Å².